The van der Waals surface area contributed by atoms with Crippen molar-refractivity contribution >= 4 is 17.3 Å². The third kappa shape index (κ3) is 4.09. The minimum absolute atomic E-state index is 0.0665. The molecule has 4 rings (SSSR count). The first-order chi connectivity index (χ1) is 14.4. The van der Waals surface area contributed by atoms with Gasteiger partial charge < -0.3 is 14.5 Å². The van der Waals surface area contributed by atoms with Crippen LogP contribution in [0.4, 0.5) is 11.4 Å². The Kier molecular flexibility index (Phi) is 5.59. The summed E-state index contributed by atoms with van der Waals surface area (Å²) in [6.07, 6.45) is 0.961. The molecule has 2 aromatic carbocycles. The summed E-state index contributed by atoms with van der Waals surface area (Å²) in [4.78, 5) is 29.8. The number of nitro groups is 1. The van der Waals surface area contributed by atoms with Crippen molar-refractivity contribution < 1.29 is 14.5 Å². The smallest absolute Gasteiger partial charge is 0.270 e. The van der Waals surface area contributed by atoms with Gasteiger partial charge in [0.25, 0.3) is 11.6 Å². The van der Waals surface area contributed by atoms with Gasteiger partial charge in [0.05, 0.1) is 17.1 Å². The second kappa shape index (κ2) is 8.31. The summed E-state index contributed by atoms with van der Waals surface area (Å²) in [5.74, 6) is 0.833. The van der Waals surface area contributed by atoms with Crippen molar-refractivity contribution in [3.8, 4) is 5.75 Å². The number of carbonyl (C=O) groups is 1. The fourth-order valence-electron chi connectivity index (χ4n) is 4.07. The van der Waals surface area contributed by atoms with Crippen LogP contribution in [0.25, 0.3) is 0 Å². The molecule has 0 atom stereocenters. The van der Waals surface area contributed by atoms with E-state index < -0.39 is 4.92 Å². The first-order valence-corrected chi connectivity index (χ1v) is 10.1. The van der Waals surface area contributed by atoms with Crippen molar-refractivity contribution in [1.82, 2.24) is 9.80 Å². The van der Waals surface area contributed by atoms with Crippen LogP contribution >= 0.6 is 0 Å². The normalized spacial score (nSPS) is 16.1. The van der Waals surface area contributed by atoms with Crippen LogP contribution in [0.2, 0.25) is 0 Å². The van der Waals surface area contributed by atoms with E-state index in [4.69, 9.17) is 4.74 Å². The number of amides is 1. The third-order valence-electron chi connectivity index (χ3n) is 5.72. The van der Waals surface area contributed by atoms with E-state index in [-0.39, 0.29) is 11.6 Å². The van der Waals surface area contributed by atoms with E-state index in [0.717, 1.165) is 38.4 Å². The number of benzene rings is 2. The molecule has 0 bridgehead atoms. The van der Waals surface area contributed by atoms with Gasteiger partial charge in [-0.15, -0.1) is 0 Å². The Morgan fingerprint density at radius 1 is 1.13 bits per heavy atom. The lowest BCUT2D eigenvalue weighted by Crippen LogP contribution is -2.48. The average molecular weight is 410 g/mol. The molecular weight excluding hydrogens is 384 g/mol. The molecule has 1 amide bonds. The fraction of sp³-hybridized carbons (Fsp3) is 0.409. The number of hydrogen-bond donors (Lipinski definition) is 0. The summed E-state index contributed by atoms with van der Waals surface area (Å²) >= 11 is 0. The molecule has 0 radical (unpaired) electrons. The van der Waals surface area contributed by atoms with Crippen molar-refractivity contribution in [3.05, 3.63) is 63.2 Å². The number of non-ortho nitro benzene ring substituents is 1. The lowest BCUT2D eigenvalue weighted by molar-refractivity contribution is -0.384. The molecule has 2 aliphatic heterocycles. The monoisotopic (exact) mass is 410 g/mol. The number of carbonyl (C=O) groups excluding carboxylic acids is 1. The topological polar surface area (TPSA) is 79.2 Å². The van der Waals surface area contributed by atoms with Crippen LogP contribution in [-0.4, -0.2) is 67.5 Å². The zero-order valence-electron chi connectivity index (χ0n) is 17.3. The van der Waals surface area contributed by atoms with E-state index in [0.29, 0.717) is 24.3 Å². The minimum Gasteiger partial charge on any atom is -0.493 e. The third-order valence-corrected chi connectivity index (χ3v) is 5.72. The highest BCUT2D eigenvalue weighted by molar-refractivity contribution is 6.00. The minimum atomic E-state index is -0.462. The van der Waals surface area contributed by atoms with Crippen LogP contribution in [0.5, 0.6) is 5.75 Å². The number of anilines is 1. The molecule has 0 aromatic heterocycles. The van der Waals surface area contributed by atoms with Crippen molar-refractivity contribution in [1.29, 1.82) is 0 Å². The van der Waals surface area contributed by atoms with Crippen LogP contribution < -0.4 is 9.64 Å². The Bertz CT molecular complexity index is 968. The zero-order chi connectivity index (χ0) is 21.3. The van der Waals surface area contributed by atoms with Crippen molar-refractivity contribution in [2.75, 3.05) is 51.8 Å². The zero-order valence-corrected chi connectivity index (χ0v) is 17.3. The van der Waals surface area contributed by atoms with E-state index in [1.807, 2.05) is 25.1 Å². The molecule has 0 spiro atoms. The van der Waals surface area contributed by atoms with Crippen LogP contribution in [0.3, 0.4) is 0 Å². The van der Waals surface area contributed by atoms with Gasteiger partial charge >= 0.3 is 0 Å². The van der Waals surface area contributed by atoms with Crippen LogP contribution in [0.15, 0.2) is 36.4 Å². The lowest BCUT2D eigenvalue weighted by atomic mass is 10.1. The van der Waals surface area contributed by atoms with Crippen LogP contribution in [-0.2, 0) is 13.0 Å². The van der Waals surface area contributed by atoms with Crippen molar-refractivity contribution in [2.24, 2.45) is 0 Å². The van der Waals surface area contributed by atoms with Gasteiger partial charge in [-0.25, -0.2) is 0 Å². The molecule has 1 saturated heterocycles. The molecule has 30 heavy (non-hydrogen) atoms. The standard InChI is InChI=1S/C22H26N4O4/c1-23(2)20-5-4-18(26(28)29)14-19(20)22(27)25-10-8-24(9-11-25)15-16-3-6-21-17(13-16)7-12-30-21/h3-6,13-14H,7-12,15H2,1-2H3. The summed E-state index contributed by atoms with van der Waals surface area (Å²) < 4.78 is 5.57. The quantitative estimate of drug-likeness (QED) is 0.557. The van der Waals surface area contributed by atoms with Crippen molar-refractivity contribution in [2.45, 2.75) is 13.0 Å². The second-order valence-electron chi connectivity index (χ2n) is 7.96. The first-order valence-electron chi connectivity index (χ1n) is 10.1. The van der Waals surface area contributed by atoms with E-state index >= 15 is 0 Å². The molecule has 0 aliphatic carbocycles. The molecule has 0 N–H and O–H groups in total. The molecule has 158 valence electrons. The molecular formula is C22H26N4O4. The molecule has 8 nitrogen and oxygen atoms in total. The molecule has 0 saturated carbocycles. The highest BCUT2D eigenvalue weighted by Crippen LogP contribution is 2.28. The maximum absolute atomic E-state index is 13.1. The van der Waals surface area contributed by atoms with Gasteiger partial charge in [-0.2, -0.15) is 0 Å². The van der Waals surface area contributed by atoms with E-state index in [2.05, 4.69) is 17.0 Å². The highest BCUT2D eigenvalue weighted by atomic mass is 16.6. The summed E-state index contributed by atoms with van der Waals surface area (Å²) in [6, 6.07) is 10.8. The van der Waals surface area contributed by atoms with Crippen LogP contribution in [0, 0.1) is 10.1 Å². The molecule has 2 heterocycles. The van der Waals surface area contributed by atoms with Crippen molar-refractivity contribution in [3.63, 3.8) is 0 Å². The van der Waals surface area contributed by atoms with Gasteiger partial charge in [-0.05, 0) is 23.3 Å². The largest absolute Gasteiger partial charge is 0.493 e. The van der Waals surface area contributed by atoms with E-state index in [9.17, 15) is 14.9 Å². The van der Waals surface area contributed by atoms with E-state index in [1.165, 1.54) is 23.3 Å². The highest BCUT2D eigenvalue weighted by Gasteiger charge is 2.26. The van der Waals surface area contributed by atoms with Gasteiger partial charge in [-0.3, -0.25) is 19.8 Å². The Hall–Kier alpha value is -3.13. The number of ether oxygens (including phenoxy) is 1. The Balaban J connectivity index is 1.42. The van der Waals surface area contributed by atoms with E-state index in [1.54, 1.807) is 11.0 Å². The predicted octanol–water partition coefficient (Wildman–Crippen LogP) is 2.55. The average Bonchev–Trinajstić information content (AvgIpc) is 3.21. The summed E-state index contributed by atoms with van der Waals surface area (Å²) in [6.45, 7) is 4.34. The molecule has 2 aromatic rings. The van der Waals surface area contributed by atoms with Gasteiger partial charge in [0.15, 0.2) is 0 Å². The fourth-order valence-corrected chi connectivity index (χ4v) is 4.07. The van der Waals surface area contributed by atoms with Gasteiger partial charge in [0.2, 0.25) is 0 Å². The lowest BCUT2D eigenvalue weighted by Gasteiger charge is -2.35. The Morgan fingerprint density at radius 3 is 2.60 bits per heavy atom. The molecule has 2 aliphatic rings. The van der Waals surface area contributed by atoms with Crippen LogP contribution in [0.1, 0.15) is 21.5 Å². The maximum atomic E-state index is 13.1. The summed E-state index contributed by atoms with van der Waals surface area (Å²) in [5.41, 5.74) is 3.52. The molecule has 1 fully saturated rings. The second-order valence-corrected chi connectivity index (χ2v) is 7.96. The SMILES string of the molecule is CN(C)c1ccc([N+](=O)[O-])cc1C(=O)N1CCN(Cc2ccc3c(c2)CCO3)CC1. The number of fused-ring (bicyclic) bond motifs is 1. The van der Waals surface area contributed by atoms with Gasteiger partial charge in [0.1, 0.15) is 5.75 Å². The summed E-state index contributed by atoms with van der Waals surface area (Å²) in [7, 11) is 3.66. The number of rotatable bonds is 5. The molecule has 0 unspecified atom stereocenters. The number of hydrogen-bond acceptors (Lipinski definition) is 6. The Morgan fingerprint density at radius 2 is 1.90 bits per heavy atom. The van der Waals surface area contributed by atoms with Gasteiger partial charge in [0, 0.05) is 71.1 Å². The Labute approximate surface area is 175 Å². The number of piperazine rings is 1. The number of nitrogens with zero attached hydrogens (tertiary/aromatic N) is 4. The number of nitro benzene ring substituents is 1. The summed E-state index contributed by atoms with van der Waals surface area (Å²) in [5, 5.41) is 11.2. The first kappa shape index (κ1) is 20.2. The maximum Gasteiger partial charge on any atom is 0.270 e. The molecule has 8 heteroatoms. The van der Waals surface area contributed by atoms with Gasteiger partial charge in [-0.1, -0.05) is 12.1 Å². The predicted molar refractivity (Wildman–Crippen MR) is 114 cm³/mol.